The molecule has 2 aromatic carbocycles. The molecule has 2 aliphatic carbocycles. The first-order valence-electron chi connectivity index (χ1n) is 19.6. The van der Waals surface area contributed by atoms with Gasteiger partial charge in [0.2, 0.25) is 27.7 Å². The van der Waals surface area contributed by atoms with Crippen molar-refractivity contribution in [2.75, 3.05) is 13.7 Å². The maximum absolute atomic E-state index is 15.2. The van der Waals surface area contributed by atoms with Gasteiger partial charge < -0.3 is 24.4 Å². The van der Waals surface area contributed by atoms with E-state index >= 15 is 4.39 Å². The summed E-state index contributed by atoms with van der Waals surface area (Å²) in [5.74, 6) is -1.32. The van der Waals surface area contributed by atoms with Gasteiger partial charge in [-0.1, -0.05) is 26.0 Å². The molecule has 0 radical (unpaired) electrons. The number of nitrogens with zero attached hydrogens (tertiary/aromatic N) is 2. The normalized spacial score (nSPS) is 27.7. The standard InChI is InChI=1S/C42H51FN4O8S/c1-24(2)54-30-12-10-27(11-13-30)35-18-28-19-37(53-5)34(43)21-33(28)40(44-35)55-31-20-36-39(49)45-42(41(50)46-56(51,52)32-14-15-32)22-29(42)9-7-6-8-25(3)16-26(4)17-38(48)47(36)23-31/h7,9-13,18-19,21,24-26,29,31-32,36H,6,8,14-17,20,22-23H2,1-5H3,(H,45,49)(H,46,50)/b9-7-/t25-,26+,29?,31+,36-,42+/m0/s1. The fourth-order valence-corrected chi connectivity index (χ4v) is 9.43. The number of fused-ring (bicyclic) bond motifs is 3. The number of hydrogen-bond donors (Lipinski definition) is 2. The number of methoxy groups -OCH3 is 1. The van der Waals surface area contributed by atoms with Crippen LogP contribution in [0.1, 0.15) is 79.1 Å². The third-order valence-electron chi connectivity index (χ3n) is 11.2. The number of nitrogens with one attached hydrogen (secondary N) is 2. The van der Waals surface area contributed by atoms with Gasteiger partial charge in [-0.2, -0.15) is 0 Å². The fraction of sp³-hybridized carbons (Fsp3) is 0.524. The molecule has 2 N–H and O–H groups in total. The number of halogens is 1. The maximum atomic E-state index is 15.2. The van der Waals surface area contributed by atoms with E-state index < -0.39 is 56.5 Å². The predicted molar refractivity (Wildman–Crippen MR) is 209 cm³/mol. The molecular weight excluding hydrogens is 740 g/mol. The smallest absolute Gasteiger partial charge is 0.259 e. The van der Waals surface area contributed by atoms with Crippen LogP contribution in [0.15, 0.2) is 54.6 Å². The van der Waals surface area contributed by atoms with E-state index in [4.69, 9.17) is 19.2 Å². The Hall–Kier alpha value is -4.72. The van der Waals surface area contributed by atoms with E-state index in [2.05, 4.69) is 17.0 Å². The molecule has 2 saturated carbocycles. The molecule has 1 aromatic heterocycles. The number of rotatable bonds is 9. The average molecular weight is 791 g/mol. The maximum Gasteiger partial charge on any atom is 0.259 e. The molecular formula is C42H51FN4O8S. The molecule has 3 fully saturated rings. The first-order chi connectivity index (χ1) is 26.6. The van der Waals surface area contributed by atoms with Crippen LogP contribution in [-0.2, 0) is 24.4 Å². The van der Waals surface area contributed by atoms with Crippen LogP contribution in [-0.4, -0.2) is 78.7 Å². The van der Waals surface area contributed by atoms with E-state index in [9.17, 15) is 22.8 Å². The van der Waals surface area contributed by atoms with Gasteiger partial charge in [-0.15, -0.1) is 0 Å². The minimum absolute atomic E-state index is 0.00271. The van der Waals surface area contributed by atoms with Gasteiger partial charge in [0.25, 0.3) is 5.91 Å². The van der Waals surface area contributed by atoms with Crippen LogP contribution in [0.3, 0.4) is 0 Å². The first kappa shape index (κ1) is 39.5. The van der Waals surface area contributed by atoms with Crippen molar-refractivity contribution in [3.63, 3.8) is 0 Å². The Morgan fingerprint density at radius 3 is 2.50 bits per heavy atom. The van der Waals surface area contributed by atoms with Gasteiger partial charge in [0.05, 0.1) is 30.7 Å². The van der Waals surface area contributed by atoms with Crippen molar-refractivity contribution in [3.8, 4) is 28.6 Å². The molecule has 0 spiro atoms. The topological polar surface area (TPSA) is 153 Å². The molecule has 12 nitrogen and oxygen atoms in total. The van der Waals surface area contributed by atoms with Gasteiger partial charge in [-0.3, -0.25) is 19.1 Å². The van der Waals surface area contributed by atoms with Crippen LogP contribution in [0.25, 0.3) is 22.0 Å². The van der Waals surface area contributed by atoms with Crippen molar-refractivity contribution in [2.24, 2.45) is 17.8 Å². The number of pyridine rings is 1. The number of carbonyl (C=O) groups excluding carboxylic acids is 3. The Kier molecular flexibility index (Phi) is 11.1. The number of amides is 3. The zero-order chi connectivity index (χ0) is 39.9. The monoisotopic (exact) mass is 790 g/mol. The summed E-state index contributed by atoms with van der Waals surface area (Å²) in [4.78, 5) is 48.4. The molecule has 1 unspecified atom stereocenters. The van der Waals surface area contributed by atoms with Gasteiger partial charge in [-0.25, -0.2) is 17.8 Å². The SMILES string of the molecule is COc1cc2cc(-c3ccc(OC(C)C)cc3)nc(O[C@@H]3C[C@H]4C(=O)N[C@]5(C(=O)NS(=O)(=O)C6CC6)CC5/C=C\CC[C@H](C)C[C@@H](C)CC(=O)N4C3)c2cc1F. The lowest BCUT2D eigenvalue weighted by Crippen LogP contribution is -2.56. The largest absolute Gasteiger partial charge is 0.494 e. The number of aromatic nitrogens is 1. The molecule has 2 aliphatic heterocycles. The number of benzene rings is 2. The second kappa shape index (κ2) is 15.7. The molecule has 14 heteroatoms. The molecule has 4 aliphatic rings. The quantitative estimate of drug-likeness (QED) is 0.246. The summed E-state index contributed by atoms with van der Waals surface area (Å²) in [5, 5.41) is 3.28. The van der Waals surface area contributed by atoms with E-state index in [0.29, 0.717) is 41.0 Å². The van der Waals surface area contributed by atoms with Crippen LogP contribution in [0.5, 0.6) is 17.4 Å². The summed E-state index contributed by atoms with van der Waals surface area (Å²) < 4.78 is 60.8. The summed E-state index contributed by atoms with van der Waals surface area (Å²) in [6.45, 7) is 8.11. The van der Waals surface area contributed by atoms with Crippen LogP contribution in [0, 0.1) is 23.6 Å². The van der Waals surface area contributed by atoms with Gasteiger partial charge in [0, 0.05) is 29.7 Å². The fourth-order valence-electron chi connectivity index (χ4n) is 8.07. The van der Waals surface area contributed by atoms with E-state index in [-0.39, 0.29) is 55.4 Å². The van der Waals surface area contributed by atoms with Crippen LogP contribution in [0.2, 0.25) is 0 Å². The highest BCUT2D eigenvalue weighted by Gasteiger charge is 2.62. The average Bonchev–Trinajstić information content (AvgIpc) is 4.06. The number of sulfonamides is 1. The minimum Gasteiger partial charge on any atom is -0.494 e. The second-order valence-electron chi connectivity index (χ2n) is 16.4. The highest BCUT2D eigenvalue weighted by atomic mass is 32.2. The van der Waals surface area contributed by atoms with E-state index in [1.165, 1.54) is 18.1 Å². The summed E-state index contributed by atoms with van der Waals surface area (Å²) >= 11 is 0. The van der Waals surface area contributed by atoms with E-state index in [1.54, 1.807) is 6.07 Å². The van der Waals surface area contributed by atoms with Gasteiger partial charge in [0.15, 0.2) is 11.6 Å². The van der Waals surface area contributed by atoms with Crippen molar-refractivity contribution < 1.29 is 41.4 Å². The summed E-state index contributed by atoms with van der Waals surface area (Å²) in [6, 6.07) is 11.1. The molecule has 6 atom stereocenters. The van der Waals surface area contributed by atoms with Gasteiger partial charge in [0.1, 0.15) is 23.4 Å². The van der Waals surface area contributed by atoms with Crippen LogP contribution in [0.4, 0.5) is 4.39 Å². The number of carbonyl (C=O) groups is 3. The Morgan fingerprint density at radius 2 is 1.80 bits per heavy atom. The third-order valence-corrected chi connectivity index (χ3v) is 13.1. The Morgan fingerprint density at radius 1 is 1.05 bits per heavy atom. The molecule has 3 heterocycles. The third kappa shape index (κ3) is 8.50. The molecule has 7 rings (SSSR count). The highest BCUT2D eigenvalue weighted by Crippen LogP contribution is 2.46. The van der Waals surface area contributed by atoms with E-state index in [1.807, 2.05) is 63.3 Å². The Labute approximate surface area is 327 Å². The van der Waals surface area contributed by atoms with Crippen molar-refractivity contribution in [1.29, 1.82) is 0 Å². The number of allylic oxidation sites excluding steroid dienone is 1. The highest BCUT2D eigenvalue weighted by molar-refractivity contribution is 7.91. The molecule has 300 valence electrons. The predicted octanol–water partition coefficient (Wildman–Crippen LogP) is 6.07. The minimum atomic E-state index is -3.88. The van der Waals surface area contributed by atoms with Gasteiger partial charge >= 0.3 is 0 Å². The second-order valence-corrected chi connectivity index (χ2v) is 18.3. The number of hydrogen-bond acceptors (Lipinski definition) is 9. The summed E-state index contributed by atoms with van der Waals surface area (Å²) in [5.41, 5.74) is -0.169. The molecule has 0 bridgehead atoms. The lowest BCUT2D eigenvalue weighted by molar-refractivity contribution is -0.140. The molecule has 3 amide bonds. The Balaban J connectivity index is 1.21. The van der Waals surface area contributed by atoms with Crippen molar-refractivity contribution in [1.82, 2.24) is 19.9 Å². The van der Waals surface area contributed by atoms with Crippen LogP contribution < -0.4 is 24.2 Å². The van der Waals surface area contributed by atoms with Crippen molar-refractivity contribution in [3.05, 3.63) is 60.4 Å². The lowest BCUT2D eigenvalue weighted by Gasteiger charge is -2.27. The van der Waals surface area contributed by atoms with Crippen LogP contribution >= 0.6 is 0 Å². The van der Waals surface area contributed by atoms with Crippen molar-refractivity contribution >= 4 is 38.5 Å². The lowest BCUT2D eigenvalue weighted by atomic mass is 9.91. The molecule has 3 aromatic rings. The van der Waals surface area contributed by atoms with E-state index in [0.717, 1.165) is 24.8 Å². The van der Waals surface area contributed by atoms with Gasteiger partial charge in [-0.05, 0) is 112 Å². The Bertz CT molecular complexity index is 2140. The summed E-state index contributed by atoms with van der Waals surface area (Å²) in [7, 11) is -2.49. The summed E-state index contributed by atoms with van der Waals surface area (Å²) in [6.07, 6.45) is 7.10. The zero-order valence-electron chi connectivity index (χ0n) is 32.5. The molecule has 56 heavy (non-hydrogen) atoms. The first-order valence-corrected chi connectivity index (χ1v) is 21.2. The zero-order valence-corrected chi connectivity index (χ0v) is 33.4. The molecule has 1 saturated heterocycles. The number of ether oxygens (including phenoxy) is 3. The van der Waals surface area contributed by atoms with Crippen molar-refractivity contribution in [2.45, 2.75) is 108 Å².